The maximum Gasteiger partial charge on any atom is 0.245 e. The first-order valence-electron chi connectivity index (χ1n) is 8.09. The summed E-state index contributed by atoms with van der Waals surface area (Å²) >= 11 is 5.82. The van der Waals surface area contributed by atoms with Crippen molar-refractivity contribution in [3.63, 3.8) is 0 Å². The molecule has 2 aromatic rings. The monoisotopic (exact) mass is 371 g/mol. The minimum Gasteiger partial charge on any atom is -0.497 e. The van der Waals surface area contributed by atoms with Gasteiger partial charge in [0, 0.05) is 23.7 Å². The molecule has 2 amide bonds. The molecule has 0 spiro atoms. The van der Waals surface area contributed by atoms with Crippen molar-refractivity contribution in [2.45, 2.75) is 6.42 Å². The lowest BCUT2D eigenvalue weighted by molar-refractivity contribution is -0.126. The Labute approximate surface area is 156 Å². The predicted octanol–water partition coefficient (Wildman–Crippen LogP) is 2.85. The molecule has 1 N–H and O–H groups in total. The summed E-state index contributed by atoms with van der Waals surface area (Å²) in [4.78, 5) is 26.1. The molecule has 0 saturated carbocycles. The molecular weight excluding hydrogens is 354 g/mol. The van der Waals surface area contributed by atoms with Gasteiger partial charge in [0.1, 0.15) is 5.75 Å². The Morgan fingerprint density at radius 1 is 1.23 bits per heavy atom. The number of hydrogen-bond donors (Lipinski definition) is 1. The van der Waals surface area contributed by atoms with E-state index in [4.69, 9.17) is 16.3 Å². The Morgan fingerprint density at radius 2 is 1.92 bits per heavy atom. The summed E-state index contributed by atoms with van der Waals surface area (Å²) < 4.78 is 5.11. The van der Waals surface area contributed by atoms with Gasteiger partial charge in [-0.2, -0.15) is 5.10 Å². The second-order valence-electron chi connectivity index (χ2n) is 5.89. The van der Waals surface area contributed by atoms with E-state index in [-0.39, 0.29) is 18.2 Å². The second kappa shape index (κ2) is 8.01. The maximum absolute atomic E-state index is 12.3. The molecule has 1 fully saturated rings. The average Bonchev–Trinajstić information content (AvgIpc) is 3.05. The molecule has 7 heteroatoms. The number of nitrogens with zero attached hydrogens (tertiary/aromatic N) is 2. The van der Waals surface area contributed by atoms with Gasteiger partial charge in [0.15, 0.2) is 0 Å². The van der Waals surface area contributed by atoms with Crippen LogP contribution in [0, 0.1) is 5.92 Å². The first-order chi connectivity index (χ1) is 12.6. The summed E-state index contributed by atoms with van der Waals surface area (Å²) in [7, 11) is 1.58. The summed E-state index contributed by atoms with van der Waals surface area (Å²) in [5.41, 5.74) is 4.06. The van der Waals surface area contributed by atoms with Gasteiger partial charge < -0.3 is 9.64 Å². The Hall–Kier alpha value is -2.86. The summed E-state index contributed by atoms with van der Waals surface area (Å²) in [6.07, 6.45) is 1.70. The van der Waals surface area contributed by atoms with Gasteiger partial charge in [-0.1, -0.05) is 23.7 Å². The van der Waals surface area contributed by atoms with Gasteiger partial charge >= 0.3 is 0 Å². The normalized spacial score (nSPS) is 16.9. The summed E-state index contributed by atoms with van der Waals surface area (Å²) in [5.74, 6) is -0.0882. The minimum atomic E-state index is -0.438. The molecule has 1 aliphatic rings. The minimum absolute atomic E-state index is 0.0861. The van der Waals surface area contributed by atoms with Crippen molar-refractivity contribution < 1.29 is 14.3 Å². The molecule has 1 saturated heterocycles. The number of ether oxygens (including phenoxy) is 1. The topological polar surface area (TPSA) is 71.0 Å². The van der Waals surface area contributed by atoms with E-state index in [1.54, 1.807) is 60.5 Å². The standard InChI is InChI=1S/C19H18ClN3O3/c1-26-17-8-6-16(7-9-17)23-12-14(10-18(23)24)19(25)22-21-11-13-2-4-15(20)5-3-13/h2-9,11,14H,10,12H2,1H3,(H,22,25)/b21-11+/t14-/m1/s1. The highest BCUT2D eigenvalue weighted by atomic mass is 35.5. The third-order valence-electron chi connectivity index (χ3n) is 4.14. The lowest BCUT2D eigenvalue weighted by Crippen LogP contribution is -2.30. The Morgan fingerprint density at radius 3 is 2.58 bits per heavy atom. The van der Waals surface area contributed by atoms with E-state index < -0.39 is 5.92 Å². The lowest BCUT2D eigenvalue weighted by atomic mass is 10.1. The van der Waals surface area contributed by atoms with Crippen LogP contribution in [0.1, 0.15) is 12.0 Å². The largest absolute Gasteiger partial charge is 0.497 e. The van der Waals surface area contributed by atoms with E-state index in [0.29, 0.717) is 17.3 Å². The highest BCUT2D eigenvalue weighted by Crippen LogP contribution is 2.26. The number of hydrazone groups is 1. The van der Waals surface area contributed by atoms with E-state index in [9.17, 15) is 9.59 Å². The molecule has 0 bridgehead atoms. The quantitative estimate of drug-likeness (QED) is 0.649. The van der Waals surface area contributed by atoms with Crippen LogP contribution < -0.4 is 15.1 Å². The number of nitrogens with one attached hydrogen (secondary N) is 1. The first kappa shape index (κ1) is 17.9. The van der Waals surface area contributed by atoms with Gasteiger partial charge in [0.2, 0.25) is 11.8 Å². The van der Waals surface area contributed by atoms with E-state index in [0.717, 1.165) is 11.3 Å². The van der Waals surface area contributed by atoms with E-state index >= 15 is 0 Å². The van der Waals surface area contributed by atoms with E-state index in [2.05, 4.69) is 10.5 Å². The highest BCUT2D eigenvalue weighted by molar-refractivity contribution is 6.30. The fourth-order valence-electron chi connectivity index (χ4n) is 2.71. The van der Waals surface area contributed by atoms with Crippen LogP contribution in [0.5, 0.6) is 5.75 Å². The zero-order chi connectivity index (χ0) is 18.5. The van der Waals surface area contributed by atoms with Crippen LogP contribution in [0.3, 0.4) is 0 Å². The van der Waals surface area contributed by atoms with E-state index in [1.165, 1.54) is 6.21 Å². The molecule has 2 aromatic carbocycles. The van der Waals surface area contributed by atoms with Gasteiger partial charge in [0.05, 0.1) is 19.2 Å². The molecule has 0 unspecified atom stereocenters. The number of amides is 2. The van der Waals surface area contributed by atoms with Crippen molar-refractivity contribution in [2.75, 3.05) is 18.6 Å². The molecule has 134 valence electrons. The van der Waals surface area contributed by atoms with Gasteiger partial charge in [-0.25, -0.2) is 5.43 Å². The number of methoxy groups -OCH3 is 1. The molecule has 1 heterocycles. The predicted molar refractivity (Wildman–Crippen MR) is 101 cm³/mol. The van der Waals surface area contributed by atoms with Crippen molar-refractivity contribution in [3.05, 3.63) is 59.1 Å². The van der Waals surface area contributed by atoms with Crippen molar-refractivity contribution >= 4 is 35.3 Å². The lowest BCUT2D eigenvalue weighted by Gasteiger charge is -2.16. The van der Waals surface area contributed by atoms with Gasteiger partial charge in [-0.3, -0.25) is 9.59 Å². The third kappa shape index (κ3) is 4.21. The molecule has 0 aliphatic carbocycles. The number of carbonyl (C=O) groups is 2. The molecule has 26 heavy (non-hydrogen) atoms. The van der Waals surface area contributed by atoms with Crippen LogP contribution in [0.25, 0.3) is 0 Å². The third-order valence-corrected chi connectivity index (χ3v) is 4.39. The van der Waals surface area contributed by atoms with Crippen molar-refractivity contribution in [1.82, 2.24) is 5.43 Å². The van der Waals surface area contributed by atoms with Crippen molar-refractivity contribution in [1.29, 1.82) is 0 Å². The van der Waals surface area contributed by atoms with Crippen molar-refractivity contribution in [2.24, 2.45) is 11.0 Å². The number of carbonyl (C=O) groups excluding carboxylic acids is 2. The van der Waals surface area contributed by atoms with Crippen LogP contribution in [0.15, 0.2) is 53.6 Å². The fourth-order valence-corrected chi connectivity index (χ4v) is 2.83. The summed E-state index contributed by atoms with van der Waals surface area (Å²) in [6.45, 7) is 0.327. The van der Waals surface area contributed by atoms with Crippen LogP contribution in [0.4, 0.5) is 5.69 Å². The van der Waals surface area contributed by atoms with E-state index in [1.807, 2.05) is 0 Å². The van der Waals surface area contributed by atoms with Gasteiger partial charge in [-0.15, -0.1) is 0 Å². The molecule has 0 radical (unpaired) electrons. The maximum atomic E-state index is 12.3. The average molecular weight is 372 g/mol. The molecule has 1 atom stereocenters. The zero-order valence-electron chi connectivity index (χ0n) is 14.2. The van der Waals surface area contributed by atoms with Crippen LogP contribution in [0.2, 0.25) is 5.02 Å². The number of hydrogen-bond acceptors (Lipinski definition) is 4. The Kier molecular flexibility index (Phi) is 5.53. The SMILES string of the molecule is COc1ccc(N2C[C@H](C(=O)N/N=C/c3ccc(Cl)cc3)CC2=O)cc1. The van der Waals surface area contributed by atoms with Crippen LogP contribution in [-0.2, 0) is 9.59 Å². The summed E-state index contributed by atoms with van der Waals surface area (Å²) in [6, 6.07) is 14.2. The highest BCUT2D eigenvalue weighted by Gasteiger charge is 2.35. The molecule has 0 aromatic heterocycles. The molecule has 6 nitrogen and oxygen atoms in total. The van der Waals surface area contributed by atoms with Gasteiger partial charge in [0.25, 0.3) is 0 Å². The molecule has 1 aliphatic heterocycles. The number of halogens is 1. The first-order valence-corrected chi connectivity index (χ1v) is 8.47. The fraction of sp³-hybridized carbons (Fsp3) is 0.211. The second-order valence-corrected chi connectivity index (χ2v) is 6.33. The number of benzene rings is 2. The van der Waals surface area contributed by atoms with Crippen LogP contribution in [-0.4, -0.2) is 31.7 Å². The Bertz CT molecular complexity index is 819. The van der Waals surface area contributed by atoms with Crippen LogP contribution >= 0.6 is 11.6 Å². The molecule has 3 rings (SSSR count). The Balaban J connectivity index is 1.58. The zero-order valence-corrected chi connectivity index (χ0v) is 14.9. The van der Waals surface area contributed by atoms with Gasteiger partial charge in [-0.05, 0) is 42.0 Å². The number of anilines is 1. The summed E-state index contributed by atoms with van der Waals surface area (Å²) in [5, 5.41) is 4.58. The van der Waals surface area contributed by atoms with Crippen molar-refractivity contribution in [3.8, 4) is 5.75 Å². The smallest absolute Gasteiger partial charge is 0.245 e. The molecular formula is C19H18ClN3O3. The number of rotatable bonds is 5.